The molecule has 0 fully saturated rings. The smallest absolute Gasteiger partial charge is 0.266 e. The summed E-state index contributed by atoms with van der Waals surface area (Å²) in [6.45, 7) is 4.55. The molecule has 0 aliphatic carbocycles. The van der Waals surface area contributed by atoms with E-state index >= 15 is 0 Å². The first-order valence-corrected chi connectivity index (χ1v) is 6.99. The van der Waals surface area contributed by atoms with Crippen LogP contribution in [0, 0.1) is 16.2 Å². The summed E-state index contributed by atoms with van der Waals surface area (Å²) in [5, 5.41) is 30.9. The molecule has 8 heteroatoms. The second-order valence-corrected chi connectivity index (χ2v) is 4.74. The Morgan fingerprint density at radius 1 is 1.39 bits per heavy atom. The van der Waals surface area contributed by atoms with Gasteiger partial charge in [-0.05, 0) is 30.7 Å². The molecule has 0 bridgehead atoms. The number of hydrogen-bond acceptors (Lipinski definition) is 7. The number of carbonyl (C=O) groups excluding carboxylic acids is 1. The molecule has 1 aromatic rings. The third kappa shape index (κ3) is 3.77. The number of amides is 1. The highest BCUT2D eigenvalue weighted by Gasteiger charge is 2.21. The molecule has 4 N–H and O–H groups in total. The van der Waals surface area contributed by atoms with Crippen LogP contribution in [0.1, 0.15) is 25.8 Å². The minimum Gasteiger partial charge on any atom is -0.504 e. The van der Waals surface area contributed by atoms with E-state index in [2.05, 4.69) is 5.18 Å². The van der Waals surface area contributed by atoms with Gasteiger partial charge in [0.1, 0.15) is 11.6 Å². The summed E-state index contributed by atoms with van der Waals surface area (Å²) in [6.07, 6.45) is 0.720. The van der Waals surface area contributed by atoms with E-state index in [0.717, 1.165) is 18.6 Å². The highest BCUT2D eigenvalue weighted by atomic mass is 16.3. The monoisotopic (exact) mass is 318 g/mol. The van der Waals surface area contributed by atoms with Crippen molar-refractivity contribution >= 4 is 17.3 Å². The van der Waals surface area contributed by atoms with E-state index in [4.69, 9.17) is 5.73 Å². The lowest BCUT2D eigenvalue weighted by Crippen LogP contribution is -2.33. The van der Waals surface area contributed by atoms with Gasteiger partial charge < -0.3 is 20.8 Å². The average molecular weight is 318 g/mol. The van der Waals surface area contributed by atoms with E-state index < -0.39 is 23.1 Å². The van der Waals surface area contributed by atoms with Crippen molar-refractivity contribution in [3.8, 4) is 17.6 Å². The molecular weight excluding hydrogens is 300 g/mol. The molecule has 0 aliphatic heterocycles. The van der Waals surface area contributed by atoms with Crippen LogP contribution in [0.4, 0.5) is 5.69 Å². The molecular formula is C15H18N4O4. The zero-order chi connectivity index (χ0) is 17.6. The van der Waals surface area contributed by atoms with Crippen molar-refractivity contribution in [2.75, 3.05) is 13.1 Å². The van der Waals surface area contributed by atoms with Crippen LogP contribution < -0.4 is 5.73 Å². The van der Waals surface area contributed by atoms with Gasteiger partial charge >= 0.3 is 0 Å². The molecule has 23 heavy (non-hydrogen) atoms. The number of nitroso groups, excluding NO2 is 1. The largest absolute Gasteiger partial charge is 0.504 e. The van der Waals surface area contributed by atoms with Gasteiger partial charge in [0.05, 0.1) is 5.70 Å². The van der Waals surface area contributed by atoms with Gasteiger partial charge in [0.2, 0.25) is 0 Å². The van der Waals surface area contributed by atoms with Gasteiger partial charge in [-0.1, -0.05) is 6.92 Å². The van der Waals surface area contributed by atoms with E-state index in [1.165, 1.54) is 4.90 Å². The van der Waals surface area contributed by atoms with Crippen molar-refractivity contribution < 1.29 is 15.0 Å². The minimum atomic E-state index is -0.692. The number of likely N-dealkylation sites (N-methyl/N-ethyl adjacent to an activating group) is 1. The summed E-state index contributed by atoms with van der Waals surface area (Å²) in [6, 6.07) is 3.91. The van der Waals surface area contributed by atoms with Crippen molar-refractivity contribution in [1.82, 2.24) is 4.90 Å². The summed E-state index contributed by atoms with van der Waals surface area (Å²) < 4.78 is 0. The molecule has 0 heterocycles. The topological polar surface area (TPSA) is 140 Å². The molecule has 0 atom stereocenters. The number of aromatic hydroxyl groups is 2. The zero-order valence-corrected chi connectivity index (χ0v) is 12.9. The van der Waals surface area contributed by atoms with Crippen molar-refractivity contribution in [3.05, 3.63) is 28.2 Å². The number of phenolic OH excluding ortho intramolecular Hbond substituents is 2. The Kier molecular flexibility index (Phi) is 6.09. The molecule has 0 aromatic heterocycles. The second-order valence-electron chi connectivity index (χ2n) is 4.74. The Hall–Kier alpha value is -3.08. The van der Waals surface area contributed by atoms with Crippen molar-refractivity contribution in [2.45, 2.75) is 20.3 Å². The van der Waals surface area contributed by atoms with E-state index in [9.17, 15) is 25.2 Å². The highest BCUT2D eigenvalue weighted by Crippen LogP contribution is 2.38. The number of carbonyl (C=O) groups is 1. The van der Waals surface area contributed by atoms with Crippen LogP contribution in [-0.4, -0.2) is 34.1 Å². The lowest BCUT2D eigenvalue weighted by atomic mass is 10.0. The van der Waals surface area contributed by atoms with Crippen molar-refractivity contribution in [3.63, 3.8) is 0 Å². The van der Waals surface area contributed by atoms with Crippen LogP contribution in [0.25, 0.3) is 5.70 Å². The van der Waals surface area contributed by atoms with Gasteiger partial charge in [-0.15, -0.1) is 4.91 Å². The van der Waals surface area contributed by atoms with Crippen LogP contribution in [0.5, 0.6) is 11.5 Å². The van der Waals surface area contributed by atoms with Gasteiger partial charge in [0.15, 0.2) is 17.2 Å². The normalized spacial score (nSPS) is 11.3. The molecule has 0 saturated carbocycles. The lowest BCUT2D eigenvalue weighted by molar-refractivity contribution is -0.126. The second kappa shape index (κ2) is 7.79. The predicted octanol–water partition coefficient (Wildman–Crippen LogP) is 1.95. The Bertz CT molecular complexity index is 691. The molecule has 8 nitrogen and oxygen atoms in total. The first-order chi connectivity index (χ1) is 10.9. The van der Waals surface area contributed by atoms with Gasteiger partial charge in [0, 0.05) is 18.7 Å². The first kappa shape index (κ1) is 18.0. The molecule has 1 amide bonds. The fraction of sp³-hybridized carbons (Fsp3) is 0.333. The van der Waals surface area contributed by atoms with E-state index in [1.807, 2.05) is 6.92 Å². The van der Waals surface area contributed by atoms with E-state index in [-0.39, 0.29) is 16.8 Å². The van der Waals surface area contributed by atoms with Crippen LogP contribution >= 0.6 is 0 Å². The lowest BCUT2D eigenvalue weighted by Gasteiger charge is -2.20. The number of hydrogen-bond donors (Lipinski definition) is 3. The van der Waals surface area contributed by atoms with Gasteiger partial charge in [-0.3, -0.25) is 4.79 Å². The minimum absolute atomic E-state index is 0.0485. The average Bonchev–Trinajstić information content (AvgIpc) is 2.55. The fourth-order valence-electron chi connectivity index (χ4n) is 2.03. The van der Waals surface area contributed by atoms with Gasteiger partial charge in [-0.25, -0.2) is 0 Å². The molecule has 122 valence electrons. The molecule has 0 saturated heterocycles. The Balaban J connectivity index is 3.41. The third-order valence-corrected chi connectivity index (χ3v) is 3.24. The van der Waals surface area contributed by atoms with Crippen LogP contribution in [0.2, 0.25) is 0 Å². The quantitative estimate of drug-likeness (QED) is 0.317. The fourth-order valence-corrected chi connectivity index (χ4v) is 2.03. The zero-order valence-electron chi connectivity index (χ0n) is 12.9. The summed E-state index contributed by atoms with van der Waals surface area (Å²) >= 11 is 0. The van der Waals surface area contributed by atoms with Crippen LogP contribution in [0.3, 0.4) is 0 Å². The number of benzene rings is 1. The first-order valence-electron chi connectivity index (χ1n) is 6.99. The maximum atomic E-state index is 12.4. The van der Waals surface area contributed by atoms with Crippen molar-refractivity contribution in [1.29, 1.82) is 5.26 Å². The Morgan fingerprint density at radius 2 is 2.04 bits per heavy atom. The maximum absolute atomic E-state index is 12.4. The van der Waals surface area contributed by atoms with E-state index in [0.29, 0.717) is 13.1 Å². The molecule has 1 aromatic carbocycles. The number of rotatable bonds is 6. The van der Waals surface area contributed by atoms with Crippen LogP contribution in [0.15, 0.2) is 22.9 Å². The molecule has 1 rings (SSSR count). The third-order valence-electron chi connectivity index (χ3n) is 3.24. The van der Waals surface area contributed by atoms with E-state index in [1.54, 1.807) is 13.0 Å². The number of nitriles is 1. The van der Waals surface area contributed by atoms with Crippen molar-refractivity contribution in [2.24, 2.45) is 10.9 Å². The summed E-state index contributed by atoms with van der Waals surface area (Å²) in [5.41, 5.74) is 4.96. The number of phenols is 2. The maximum Gasteiger partial charge on any atom is 0.266 e. The highest BCUT2D eigenvalue weighted by molar-refractivity contribution is 6.04. The Morgan fingerprint density at radius 3 is 2.52 bits per heavy atom. The molecule has 0 spiro atoms. The van der Waals surface area contributed by atoms with Gasteiger partial charge in [-0.2, -0.15) is 5.26 Å². The Labute approximate surface area is 133 Å². The van der Waals surface area contributed by atoms with Gasteiger partial charge in [0.25, 0.3) is 5.91 Å². The molecule has 0 unspecified atom stereocenters. The molecule has 0 radical (unpaired) electrons. The predicted molar refractivity (Wildman–Crippen MR) is 84.5 cm³/mol. The molecule has 0 aliphatic rings. The van der Waals surface area contributed by atoms with Crippen LogP contribution in [-0.2, 0) is 4.79 Å². The SMILES string of the molecule is CCCN(CC)C(=O)/C(C#N)=C(\N)c1cc(O)c(O)c(N=O)c1. The number of nitrogens with two attached hydrogens (primary N) is 1. The summed E-state index contributed by atoms with van der Waals surface area (Å²) in [7, 11) is 0. The summed E-state index contributed by atoms with van der Waals surface area (Å²) in [4.78, 5) is 24.5. The standard InChI is InChI=1S/C15H18N4O4/c1-3-5-19(4-2)15(22)10(8-16)13(17)9-6-11(18-23)14(21)12(20)7-9/h6-7,20-21H,3-5,17H2,1-2H3/b13-10-. The summed E-state index contributed by atoms with van der Waals surface area (Å²) in [5.74, 6) is -1.85. The number of nitrogens with zero attached hydrogens (tertiary/aromatic N) is 3.